The van der Waals surface area contributed by atoms with Crippen LogP contribution in [0.3, 0.4) is 0 Å². The lowest BCUT2D eigenvalue weighted by molar-refractivity contribution is -0.0583. The molecule has 0 amide bonds. The Bertz CT molecular complexity index is 378. The molecule has 0 unspecified atom stereocenters. The van der Waals surface area contributed by atoms with Gasteiger partial charge in [-0.1, -0.05) is 19.0 Å². The van der Waals surface area contributed by atoms with Gasteiger partial charge in [-0.25, -0.2) is 0 Å². The zero-order valence-electron chi connectivity index (χ0n) is 12.8. The maximum Gasteiger partial charge on any atom is 0.226 e. The second-order valence-electron chi connectivity index (χ2n) is 5.63. The normalized spacial score (nSPS) is 12.9. The SMILES string of the molecule is CCOC(CC)(CC)c1noc(CCC(C)(C)N)n1. The van der Waals surface area contributed by atoms with Gasteiger partial charge in [0, 0.05) is 18.6 Å². The fourth-order valence-corrected chi connectivity index (χ4v) is 2.08. The minimum atomic E-state index is -0.422. The first-order valence-electron chi connectivity index (χ1n) is 7.12. The van der Waals surface area contributed by atoms with Crippen LogP contribution >= 0.6 is 0 Å². The number of rotatable bonds is 8. The molecular weight excluding hydrogens is 242 g/mol. The van der Waals surface area contributed by atoms with Crippen LogP contribution in [0, 0.1) is 0 Å². The molecule has 0 spiro atoms. The second-order valence-corrected chi connectivity index (χ2v) is 5.63. The zero-order valence-corrected chi connectivity index (χ0v) is 12.8. The van der Waals surface area contributed by atoms with Gasteiger partial charge in [0.2, 0.25) is 11.7 Å². The van der Waals surface area contributed by atoms with Crippen molar-refractivity contribution in [2.75, 3.05) is 6.61 Å². The van der Waals surface area contributed by atoms with E-state index in [0.717, 1.165) is 19.3 Å². The van der Waals surface area contributed by atoms with E-state index in [1.807, 2.05) is 20.8 Å². The second kappa shape index (κ2) is 6.48. The Hall–Kier alpha value is -0.940. The van der Waals surface area contributed by atoms with E-state index in [9.17, 15) is 0 Å². The quantitative estimate of drug-likeness (QED) is 0.785. The lowest BCUT2D eigenvalue weighted by Crippen LogP contribution is -2.32. The number of hydrogen-bond acceptors (Lipinski definition) is 5. The van der Waals surface area contributed by atoms with Crippen LogP contribution in [-0.2, 0) is 16.8 Å². The van der Waals surface area contributed by atoms with Gasteiger partial charge in [-0.05, 0) is 40.0 Å². The molecule has 5 nitrogen and oxygen atoms in total. The first-order valence-corrected chi connectivity index (χ1v) is 7.12. The first kappa shape index (κ1) is 16.1. The summed E-state index contributed by atoms with van der Waals surface area (Å²) in [4.78, 5) is 4.49. The molecule has 1 rings (SSSR count). The van der Waals surface area contributed by atoms with E-state index in [1.165, 1.54) is 0 Å². The molecule has 1 aromatic rings. The summed E-state index contributed by atoms with van der Waals surface area (Å²) in [7, 11) is 0. The predicted octanol–water partition coefficient (Wildman–Crippen LogP) is 2.79. The molecule has 1 aromatic heterocycles. The van der Waals surface area contributed by atoms with Gasteiger partial charge in [-0.2, -0.15) is 4.98 Å². The molecular formula is C14H27N3O2. The highest BCUT2D eigenvalue weighted by Crippen LogP contribution is 2.31. The smallest absolute Gasteiger partial charge is 0.226 e. The summed E-state index contributed by atoms with van der Waals surface area (Å²) in [6.07, 6.45) is 3.18. The Balaban J connectivity index is 2.81. The average molecular weight is 269 g/mol. The highest BCUT2D eigenvalue weighted by atomic mass is 16.5. The van der Waals surface area contributed by atoms with E-state index in [4.69, 9.17) is 15.0 Å². The fourth-order valence-electron chi connectivity index (χ4n) is 2.08. The van der Waals surface area contributed by atoms with Gasteiger partial charge in [0.1, 0.15) is 5.60 Å². The topological polar surface area (TPSA) is 74.2 Å². The Morgan fingerprint density at radius 3 is 2.32 bits per heavy atom. The van der Waals surface area contributed by atoms with Crippen LogP contribution in [0.15, 0.2) is 4.52 Å². The van der Waals surface area contributed by atoms with Crippen LogP contribution in [0.4, 0.5) is 0 Å². The summed E-state index contributed by atoms with van der Waals surface area (Å²) in [5.41, 5.74) is 5.32. The van der Waals surface area contributed by atoms with Crippen LogP contribution in [0.25, 0.3) is 0 Å². The Morgan fingerprint density at radius 1 is 1.21 bits per heavy atom. The van der Waals surface area contributed by atoms with Gasteiger partial charge in [-0.15, -0.1) is 0 Å². The van der Waals surface area contributed by atoms with Crippen molar-refractivity contribution in [3.63, 3.8) is 0 Å². The maximum absolute atomic E-state index is 5.96. The van der Waals surface area contributed by atoms with Gasteiger partial charge >= 0.3 is 0 Å². The van der Waals surface area contributed by atoms with Gasteiger partial charge in [0.25, 0.3) is 0 Å². The molecule has 19 heavy (non-hydrogen) atoms. The summed E-state index contributed by atoms with van der Waals surface area (Å²) in [6.45, 7) is 10.8. The molecule has 0 atom stereocenters. The largest absolute Gasteiger partial charge is 0.367 e. The van der Waals surface area contributed by atoms with Crippen LogP contribution < -0.4 is 5.73 Å². The van der Waals surface area contributed by atoms with Gasteiger partial charge < -0.3 is 15.0 Å². The van der Waals surface area contributed by atoms with Crippen molar-refractivity contribution >= 4 is 0 Å². The molecule has 0 aliphatic carbocycles. The fraction of sp³-hybridized carbons (Fsp3) is 0.857. The van der Waals surface area contributed by atoms with E-state index in [0.29, 0.717) is 24.7 Å². The monoisotopic (exact) mass is 269 g/mol. The predicted molar refractivity (Wildman–Crippen MR) is 74.8 cm³/mol. The van der Waals surface area contributed by atoms with Crippen molar-refractivity contribution in [1.82, 2.24) is 10.1 Å². The summed E-state index contributed by atoms with van der Waals surface area (Å²) in [5.74, 6) is 1.30. The van der Waals surface area contributed by atoms with Crippen LogP contribution in [0.2, 0.25) is 0 Å². The van der Waals surface area contributed by atoms with E-state index in [2.05, 4.69) is 24.0 Å². The molecule has 0 bridgehead atoms. The minimum Gasteiger partial charge on any atom is -0.367 e. The Morgan fingerprint density at radius 2 is 1.84 bits per heavy atom. The standard InChI is InChI=1S/C14H27N3O2/c1-6-14(7-2,18-8-3)12-16-11(19-17-12)9-10-13(4,5)15/h6-10,15H2,1-5H3. The number of ether oxygens (including phenoxy) is 1. The third-order valence-electron chi connectivity index (χ3n) is 3.42. The van der Waals surface area contributed by atoms with Gasteiger partial charge in [0.05, 0.1) is 0 Å². The molecule has 1 heterocycles. The van der Waals surface area contributed by atoms with Crippen LogP contribution in [0.5, 0.6) is 0 Å². The van der Waals surface area contributed by atoms with Crippen LogP contribution in [0.1, 0.15) is 65.6 Å². The Labute approximate surface area is 115 Å². The number of aryl methyl sites for hydroxylation is 1. The highest BCUT2D eigenvalue weighted by molar-refractivity contribution is 5.01. The molecule has 0 saturated carbocycles. The third kappa shape index (κ3) is 4.28. The molecule has 0 aromatic carbocycles. The maximum atomic E-state index is 5.96. The molecule has 0 aliphatic heterocycles. The van der Waals surface area contributed by atoms with Crippen molar-refractivity contribution in [2.24, 2.45) is 5.73 Å². The van der Waals surface area contributed by atoms with E-state index in [-0.39, 0.29) is 5.54 Å². The van der Waals surface area contributed by atoms with Gasteiger partial charge in [-0.3, -0.25) is 0 Å². The first-order chi connectivity index (χ1) is 8.87. The van der Waals surface area contributed by atoms with Crippen molar-refractivity contribution < 1.29 is 9.26 Å². The van der Waals surface area contributed by atoms with E-state index >= 15 is 0 Å². The summed E-state index contributed by atoms with van der Waals surface area (Å²) in [5, 5.41) is 4.10. The van der Waals surface area contributed by atoms with Gasteiger partial charge in [0.15, 0.2) is 0 Å². The van der Waals surface area contributed by atoms with Crippen molar-refractivity contribution in [3.05, 3.63) is 11.7 Å². The molecule has 110 valence electrons. The summed E-state index contributed by atoms with van der Waals surface area (Å²) in [6, 6.07) is 0. The third-order valence-corrected chi connectivity index (χ3v) is 3.42. The molecule has 5 heteroatoms. The number of aromatic nitrogens is 2. The van der Waals surface area contributed by atoms with Crippen molar-refractivity contribution in [3.8, 4) is 0 Å². The van der Waals surface area contributed by atoms with E-state index in [1.54, 1.807) is 0 Å². The average Bonchev–Trinajstić information content (AvgIpc) is 2.82. The number of hydrogen-bond donors (Lipinski definition) is 1. The van der Waals surface area contributed by atoms with E-state index < -0.39 is 5.60 Å². The lowest BCUT2D eigenvalue weighted by atomic mass is 9.96. The van der Waals surface area contributed by atoms with Crippen LogP contribution in [-0.4, -0.2) is 22.3 Å². The minimum absolute atomic E-state index is 0.221. The highest BCUT2D eigenvalue weighted by Gasteiger charge is 2.34. The number of nitrogens with zero attached hydrogens (tertiary/aromatic N) is 2. The zero-order chi connectivity index (χ0) is 14.5. The molecule has 0 radical (unpaired) electrons. The summed E-state index contributed by atoms with van der Waals surface area (Å²) < 4.78 is 11.2. The molecule has 0 aliphatic rings. The molecule has 0 fully saturated rings. The Kier molecular flexibility index (Phi) is 5.50. The van der Waals surface area contributed by atoms with Crippen molar-refractivity contribution in [1.29, 1.82) is 0 Å². The lowest BCUT2D eigenvalue weighted by Gasteiger charge is -2.27. The number of nitrogens with two attached hydrogens (primary N) is 1. The molecule has 2 N–H and O–H groups in total. The van der Waals surface area contributed by atoms with Crippen molar-refractivity contribution in [2.45, 2.75) is 71.4 Å². The molecule has 0 saturated heterocycles. The summed E-state index contributed by atoms with van der Waals surface area (Å²) >= 11 is 0.